The number of anilines is 1. The Hall–Kier alpha value is -3.87. The lowest BCUT2D eigenvalue weighted by Gasteiger charge is -2.16. The number of hydrogen-bond acceptors (Lipinski definition) is 4. The normalized spacial score (nSPS) is 11.9. The molecule has 31 heavy (non-hydrogen) atoms. The van der Waals surface area contributed by atoms with Crippen molar-refractivity contribution >= 4 is 23.6 Å². The summed E-state index contributed by atoms with van der Waals surface area (Å²) in [6.07, 6.45) is 3.08. The molecule has 2 aromatic carbocycles. The van der Waals surface area contributed by atoms with E-state index in [1.165, 1.54) is 6.08 Å². The Bertz CT molecular complexity index is 1100. The molecule has 1 atom stereocenters. The summed E-state index contributed by atoms with van der Waals surface area (Å²) < 4.78 is 6.90. The molecule has 0 aliphatic heterocycles. The topological polar surface area (TPSA) is 85.2 Å². The lowest BCUT2D eigenvalue weighted by atomic mass is 10.2. The summed E-state index contributed by atoms with van der Waals surface area (Å²) >= 11 is 0. The second kappa shape index (κ2) is 9.75. The average molecular weight is 418 g/mol. The van der Waals surface area contributed by atoms with Crippen LogP contribution in [0.5, 0.6) is 5.75 Å². The van der Waals surface area contributed by atoms with Crippen molar-refractivity contribution < 1.29 is 14.3 Å². The van der Waals surface area contributed by atoms with Gasteiger partial charge in [0.05, 0.1) is 24.2 Å². The van der Waals surface area contributed by atoms with E-state index in [1.807, 2.05) is 68.4 Å². The molecule has 0 radical (unpaired) electrons. The molecule has 0 saturated heterocycles. The third kappa shape index (κ3) is 5.60. The second-order valence-electron chi connectivity index (χ2n) is 7.18. The highest BCUT2D eigenvalue weighted by molar-refractivity contribution is 6.00. The van der Waals surface area contributed by atoms with Crippen molar-refractivity contribution in [2.75, 3.05) is 12.4 Å². The molecule has 2 N–H and O–H groups in total. The first-order valence-electron chi connectivity index (χ1n) is 9.93. The van der Waals surface area contributed by atoms with E-state index in [2.05, 4.69) is 15.7 Å². The van der Waals surface area contributed by atoms with Crippen LogP contribution >= 0.6 is 0 Å². The third-order valence-electron chi connectivity index (χ3n) is 4.69. The van der Waals surface area contributed by atoms with Crippen molar-refractivity contribution in [1.82, 2.24) is 15.1 Å². The van der Waals surface area contributed by atoms with E-state index in [-0.39, 0.29) is 11.8 Å². The first-order chi connectivity index (χ1) is 14.9. The molecular weight excluding hydrogens is 392 g/mol. The molecular formula is C24H26N4O3. The lowest BCUT2D eigenvalue weighted by molar-refractivity contribution is -0.123. The van der Waals surface area contributed by atoms with Gasteiger partial charge in [-0.2, -0.15) is 5.10 Å². The summed E-state index contributed by atoms with van der Waals surface area (Å²) in [6, 6.07) is 16.0. The molecule has 160 valence electrons. The standard InChI is InChI=1S/C24H26N4O3/c1-16-15-17(2)28(27-16)22-8-6-5-7-21(22)26-24(30)18(3)25-23(29)14-11-19-9-12-20(31-4)13-10-19/h5-15,18H,1-4H3,(H,25,29)(H,26,30)/b14-11+/t18-/m1/s1. The Balaban J connectivity index is 1.64. The average Bonchev–Trinajstić information content (AvgIpc) is 3.10. The number of amides is 2. The van der Waals surface area contributed by atoms with Crippen molar-refractivity contribution in [2.24, 2.45) is 0 Å². The molecule has 0 saturated carbocycles. The van der Waals surface area contributed by atoms with Crippen LogP contribution in [0.2, 0.25) is 0 Å². The summed E-state index contributed by atoms with van der Waals surface area (Å²) in [5, 5.41) is 10.1. The van der Waals surface area contributed by atoms with Gasteiger partial charge >= 0.3 is 0 Å². The van der Waals surface area contributed by atoms with Gasteiger partial charge in [-0.3, -0.25) is 9.59 Å². The number of carbonyl (C=O) groups is 2. The van der Waals surface area contributed by atoms with Crippen LogP contribution in [0.15, 0.2) is 60.7 Å². The van der Waals surface area contributed by atoms with Gasteiger partial charge in [0.15, 0.2) is 0 Å². The lowest BCUT2D eigenvalue weighted by Crippen LogP contribution is -2.41. The fourth-order valence-corrected chi connectivity index (χ4v) is 3.09. The number of nitrogens with one attached hydrogen (secondary N) is 2. The monoisotopic (exact) mass is 418 g/mol. The van der Waals surface area contributed by atoms with E-state index in [0.29, 0.717) is 5.69 Å². The molecule has 0 spiro atoms. The number of ether oxygens (including phenoxy) is 1. The molecule has 0 fully saturated rings. The van der Waals surface area contributed by atoms with Crippen molar-refractivity contribution in [2.45, 2.75) is 26.8 Å². The van der Waals surface area contributed by atoms with Gasteiger partial charge in [0, 0.05) is 11.8 Å². The van der Waals surface area contributed by atoms with Gasteiger partial charge in [-0.05, 0) is 62.7 Å². The van der Waals surface area contributed by atoms with Crippen molar-refractivity contribution in [3.8, 4) is 11.4 Å². The zero-order valence-corrected chi connectivity index (χ0v) is 18.0. The fraction of sp³-hybridized carbons (Fsp3) is 0.208. The Kier molecular flexibility index (Phi) is 6.87. The molecule has 0 bridgehead atoms. The summed E-state index contributed by atoms with van der Waals surface area (Å²) in [7, 11) is 1.60. The number of carbonyl (C=O) groups excluding carboxylic acids is 2. The van der Waals surface area contributed by atoms with Gasteiger partial charge in [0.1, 0.15) is 11.8 Å². The maximum absolute atomic E-state index is 12.7. The molecule has 0 unspecified atom stereocenters. The van der Waals surface area contributed by atoms with Gasteiger partial charge in [-0.15, -0.1) is 0 Å². The third-order valence-corrected chi connectivity index (χ3v) is 4.69. The molecule has 2 amide bonds. The first-order valence-corrected chi connectivity index (χ1v) is 9.93. The SMILES string of the molecule is COc1ccc(/C=C/C(=O)N[C@H](C)C(=O)Nc2ccccc2-n2nc(C)cc2C)cc1. The highest BCUT2D eigenvalue weighted by Gasteiger charge is 2.17. The maximum atomic E-state index is 12.7. The Morgan fingerprint density at radius 2 is 1.81 bits per heavy atom. The molecule has 0 aliphatic rings. The summed E-state index contributed by atoms with van der Waals surface area (Å²) in [5.41, 5.74) is 4.09. The van der Waals surface area contributed by atoms with Crippen LogP contribution in [0.3, 0.4) is 0 Å². The van der Waals surface area contributed by atoms with Gasteiger partial charge in [-0.1, -0.05) is 24.3 Å². The van der Waals surface area contributed by atoms with Crippen molar-refractivity contribution in [3.05, 3.63) is 77.6 Å². The van der Waals surface area contributed by atoms with Crippen molar-refractivity contribution in [3.63, 3.8) is 0 Å². The molecule has 7 nitrogen and oxygen atoms in total. The number of aromatic nitrogens is 2. The van der Waals surface area contributed by atoms with E-state index in [4.69, 9.17) is 4.74 Å². The zero-order chi connectivity index (χ0) is 22.4. The Morgan fingerprint density at radius 3 is 2.45 bits per heavy atom. The zero-order valence-electron chi connectivity index (χ0n) is 18.0. The molecule has 1 heterocycles. The molecule has 0 aliphatic carbocycles. The van der Waals surface area contributed by atoms with Crippen LogP contribution in [0, 0.1) is 13.8 Å². The number of rotatable bonds is 7. The summed E-state index contributed by atoms with van der Waals surface area (Å²) in [4.78, 5) is 24.9. The van der Waals surface area contributed by atoms with Crippen LogP contribution in [-0.4, -0.2) is 34.7 Å². The second-order valence-corrected chi connectivity index (χ2v) is 7.18. The van der Waals surface area contributed by atoms with Gasteiger partial charge < -0.3 is 15.4 Å². The van der Waals surface area contributed by atoms with E-state index in [0.717, 1.165) is 28.4 Å². The van der Waals surface area contributed by atoms with E-state index in [9.17, 15) is 9.59 Å². The van der Waals surface area contributed by atoms with Crippen LogP contribution in [0.25, 0.3) is 11.8 Å². The number of hydrogen-bond donors (Lipinski definition) is 2. The predicted molar refractivity (Wildman–Crippen MR) is 121 cm³/mol. The van der Waals surface area contributed by atoms with Crippen LogP contribution in [0.1, 0.15) is 23.9 Å². The molecule has 1 aromatic heterocycles. The van der Waals surface area contributed by atoms with Crippen LogP contribution in [0.4, 0.5) is 5.69 Å². The minimum absolute atomic E-state index is 0.319. The van der Waals surface area contributed by atoms with E-state index >= 15 is 0 Å². The first kappa shape index (κ1) is 21.8. The highest BCUT2D eigenvalue weighted by atomic mass is 16.5. The highest BCUT2D eigenvalue weighted by Crippen LogP contribution is 2.21. The molecule has 7 heteroatoms. The predicted octanol–water partition coefficient (Wildman–Crippen LogP) is 3.65. The minimum Gasteiger partial charge on any atom is -0.497 e. The van der Waals surface area contributed by atoms with Gasteiger partial charge in [0.2, 0.25) is 11.8 Å². The molecule has 3 rings (SSSR count). The quantitative estimate of drug-likeness (QED) is 0.574. The Labute approximate surface area is 181 Å². The van der Waals surface area contributed by atoms with Gasteiger partial charge in [-0.25, -0.2) is 4.68 Å². The van der Waals surface area contributed by atoms with Crippen LogP contribution < -0.4 is 15.4 Å². The summed E-state index contributed by atoms with van der Waals surface area (Å²) in [5.74, 6) is 0.0677. The Morgan fingerprint density at radius 1 is 1.10 bits per heavy atom. The van der Waals surface area contributed by atoms with Gasteiger partial charge in [0.25, 0.3) is 0 Å². The van der Waals surface area contributed by atoms with Crippen molar-refractivity contribution in [1.29, 1.82) is 0 Å². The number of para-hydroxylation sites is 2. The number of aryl methyl sites for hydroxylation is 2. The van der Waals surface area contributed by atoms with Crippen LogP contribution in [-0.2, 0) is 9.59 Å². The largest absolute Gasteiger partial charge is 0.497 e. The fourth-order valence-electron chi connectivity index (χ4n) is 3.09. The smallest absolute Gasteiger partial charge is 0.246 e. The van der Waals surface area contributed by atoms with E-state index in [1.54, 1.807) is 24.8 Å². The number of methoxy groups -OCH3 is 1. The number of benzene rings is 2. The number of nitrogens with zero attached hydrogens (tertiary/aromatic N) is 2. The molecule has 3 aromatic rings. The minimum atomic E-state index is -0.721. The maximum Gasteiger partial charge on any atom is 0.246 e. The van der Waals surface area contributed by atoms with E-state index < -0.39 is 6.04 Å². The summed E-state index contributed by atoms with van der Waals surface area (Å²) in [6.45, 7) is 5.51.